The third-order valence-electron chi connectivity index (χ3n) is 11.9. The quantitative estimate of drug-likeness (QED) is 0.385. The van der Waals surface area contributed by atoms with Crippen molar-refractivity contribution >= 4 is 23.9 Å². The summed E-state index contributed by atoms with van der Waals surface area (Å²) in [6.07, 6.45) is 6.75. The first-order chi connectivity index (χ1) is 20.3. The molecule has 2 saturated heterocycles. The number of carbonyl (C=O) groups is 4. The second-order valence-electron chi connectivity index (χ2n) is 14.3. The van der Waals surface area contributed by atoms with Gasteiger partial charge < -0.3 is 24.3 Å². The minimum Gasteiger partial charge on any atom is -0.458 e. The largest absolute Gasteiger partial charge is 0.458 e. The average molecular weight is 578 g/mol. The zero-order chi connectivity index (χ0) is 28.6. The van der Waals surface area contributed by atoms with Crippen LogP contribution >= 0.6 is 0 Å². The van der Waals surface area contributed by atoms with Crippen molar-refractivity contribution in [2.75, 3.05) is 19.7 Å². The van der Waals surface area contributed by atoms with Crippen molar-refractivity contribution < 1.29 is 38.1 Å². The number of ether oxygens (including phenoxy) is 4. The normalized spacial score (nSPS) is 41.8. The molecule has 9 nitrogen and oxygen atoms in total. The van der Waals surface area contributed by atoms with Gasteiger partial charge >= 0.3 is 23.9 Å². The number of hydrogen-bond acceptors (Lipinski definition) is 9. The minimum absolute atomic E-state index is 0.187. The lowest BCUT2D eigenvalue weighted by Gasteiger charge is -2.55. The number of nitrogens with one attached hydrogen (secondary N) is 1. The summed E-state index contributed by atoms with van der Waals surface area (Å²) >= 11 is 0. The number of hydrogen-bond donors (Lipinski definition) is 1. The van der Waals surface area contributed by atoms with Crippen molar-refractivity contribution in [2.45, 2.75) is 75.6 Å². The number of rotatable bonds is 7. The fourth-order valence-electron chi connectivity index (χ4n) is 10.6. The first kappa shape index (κ1) is 26.7. The summed E-state index contributed by atoms with van der Waals surface area (Å²) in [5.74, 6) is -1.86. The van der Waals surface area contributed by atoms with Gasteiger partial charge in [-0.05, 0) is 81.4 Å². The SMILES string of the molecule is O=C(COC(=O)C12CC3CC(CC(C3)C1)C2)OC1C2CC3C1OC(=O)C3C2C(=O)OC1(c2ccccc2)CCNCC1. The molecule has 6 atom stereocenters. The smallest absolute Gasteiger partial charge is 0.344 e. The van der Waals surface area contributed by atoms with Crippen LogP contribution in [-0.2, 0) is 43.7 Å². The van der Waals surface area contributed by atoms with Crippen molar-refractivity contribution in [2.24, 2.45) is 46.8 Å². The van der Waals surface area contributed by atoms with E-state index in [9.17, 15) is 19.2 Å². The van der Waals surface area contributed by atoms with E-state index in [0.29, 0.717) is 50.1 Å². The van der Waals surface area contributed by atoms with E-state index in [1.807, 2.05) is 30.3 Å². The molecule has 0 spiro atoms. The van der Waals surface area contributed by atoms with Crippen LogP contribution in [0.2, 0.25) is 0 Å². The molecule has 9 rings (SSSR count). The number of piperidine rings is 1. The van der Waals surface area contributed by atoms with Gasteiger partial charge in [0.2, 0.25) is 0 Å². The Kier molecular flexibility index (Phi) is 6.22. The van der Waals surface area contributed by atoms with Gasteiger partial charge in [0, 0.05) is 24.7 Å². The molecule has 1 aromatic rings. The summed E-state index contributed by atoms with van der Waals surface area (Å²) < 4.78 is 23.5. The first-order valence-corrected chi connectivity index (χ1v) is 15.9. The van der Waals surface area contributed by atoms with Gasteiger partial charge in [-0.2, -0.15) is 0 Å². The molecular weight excluding hydrogens is 538 g/mol. The number of fused-ring (bicyclic) bond motifs is 1. The second-order valence-corrected chi connectivity index (χ2v) is 14.3. The number of esters is 4. The van der Waals surface area contributed by atoms with E-state index in [2.05, 4.69) is 5.32 Å². The van der Waals surface area contributed by atoms with E-state index < -0.39 is 59.6 Å². The Balaban J connectivity index is 0.951. The molecule has 6 bridgehead atoms. The van der Waals surface area contributed by atoms with Crippen molar-refractivity contribution in [3.63, 3.8) is 0 Å². The molecule has 2 aliphatic heterocycles. The van der Waals surface area contributed by atoms with Gasteiger partial charge in [-0.15, -0.1) is 0 Å². The summed E-state index contributed by atoms with van der Waals surface area (Å²) in [5.41, 5.74) is -0.280. The van der Waals surface area contributed by atoms with Crippen LogP contribution in [-0.4, -0.2) is 55.8 Å². The molecule has 8 aliphatic rings. The lowest BCUT2D eigenvalue weighted by atomic mass is 9.49. The van der Waals surface area contributed by atoms with Gasteiger partial charge in [0.25, 0.3) is 0 Å². The Morgan fingerprint density at radius 3 is 2.24 bits per heavy atom. The van der Waals surface area contributed by atoms with Crippen molar-refractivity contribution in [1.29, 1.82) is 0 Å². The van der Waals surface area contributed by atoms with Crippen LogP contribution in [0, 0.1) is 46.8 Å². The van der Waals surface area contributed by atoms with E-state index in [0.717, 1.165) is 24.8 Å². The van der Waals surface area contributed by atoms with Crippen molar-refractivity contribution in [3.05, 3.63) is 35.9 Å². The first-order valence-electron chi connectivity index (χ1n) is 15.9. The molecule has 6 unspecified atom stereocenters. The summed E-state index contributed by atoms with van der Waals surface area (Å²) in [6, 6.07) is 9.77. The van der Waals surface area contributed by atoms with E-state index in [1.54, 1.807) is 0 Å². The van der Waals surface area contributed by atoms with Gasteiger partial charge in [0.05, 0.1) is 17.3 Å². The van der Waals surface area contributed by atoms with Crippen molar-refractivity contribution in [1.82, 2.24) is 5.32 Å². The van der Waals surface area contributed by atoms with E-state index in [1.165, 1.54) is 19.3 Å². The number of carbonyl (C=O) groups excluding carboxylic acids is 4. The highest BCUT2D eigenvalue weighted by Crippen LogP contribution is 2.61. The van der Waals surface area contributed by atoms with E-state index >= 15 is 0 Å². The molecule has 0 amide bonds. The third kappa shape index (κ3) is 4.13. The Labute approximate surface area is 245 Å². The number of benzene rings is 1. The molecule has 1 aromatic carbocycles. The monoisotopic (exact) mass is 577 g/mol. The Hall–Kier alpha value is -2.94. The van der Waals surface area contributed by atoms with E-state index in [4.69, 9.17) is 18.9 Å². The van der Waals surface area contributed by atoms with Crippen LogP contribution < -0.4 is 5.32 Å². The van der Waals surface area contributed by atoms with Gasteiger partial charge in [0.15, 0.2) is 6.61 Å². The standard InChI is InChI=1S/C33H39NO8/c35-24(17-39-31(38)32-14-18-10-19(15-32)12-20(11-18)16-32)40-27-23-13-22-25(29(36)41-28(22)27)26(23)30(37)42-33(6-8-34-9-7-33)21-4-2-1-3-5-21/h1-5,18-20,22-23,25-28,34H,6-17H2. The maximum absolute atomic E-state index is 13.9. The maximum Gasteiger partial charge on any atom is 0.344 e. The zero-order valence-corrected chi connectivity index (χ0v) is 23.8. The Bertz CT molecular complexity index is 1250. The van der Waals surface area contributed by atoms with Gasteiger partial charge in [0.1, 0.15) is 17.8 Å². The van der Waals surface area contributed by atoms with Crippen LogP contribution in [0.25, 0.3) is 0 Å². The fraction of sp³-hybridized carbons (Fsp3) is 0.697. The molecule has 6 saturated carbocycles. The maximum atomic E-state index is 13.9. The molecule has 2 heterocycles. The highest BCUT2D eigenvalue weighted by atomic mass is 16.6. The molecule has 6 aliphatic carbocycles. The van der Waals surface area contributed by atoms with Crippen LogP contribution in [0.15, 0.2) is 30.3 Å². The molecule has 8 fully saturated rings. The highest BCUT2D eigenvalue weighted by molar-refractivity contribution is 5.87. The summed E-state index contributed by atoms with van der Waals surface area (Å²) in [4.78, 5) is 53.1. The third-order valence-corrected chi connectivity index (χ3v) is 11.9. The lowest BCUT2D eigenvalue weighted by molar-refractivity contribution is -0.184. The van der Waals surface area contributed by atoms with Gasteiger partial charge in [-0.1, -0.05) is 30.3 Å². The average Bonchev–Trinajstić information content (AvgIpc) is 3.60. The van der Waals surface area contributed by atoms with Crippen LogP contribution in [0.4, 0.5) is 0 Å². The summed E-state index contributed by atoms with van der Waals surface area (Å²) in [7, 11) is 0. The Morgan fingerprint density at radius 2 is 1.57 bits per heavy atom. The molecule has 42 heavy (non-hydrogen) atoms. The van der Waals surface area contributed by atoms with Crippen molar-refractivity contribution in [3.8, 4) is 0 Å². The van der Waals surface area contributed by atoms with Gasteiger partial charge in [-0.3, -0.25) is 14.4 Å². The molecule has 9 heteroatoms. The molecule has 0 radical (unpaired) electrons. The predicted molar refractivity (Wildman–Crippen MR) is 146 cm³/mol. The highest BCUT2D eigenvalue weighted by Gasteiger charge is 2.70. The van der Waals surface area contributed by atoms with E-state index in [-0.39, 0.29) is 17.8 Å². The summed E-state index contributed by atoms with van der Waals surface area (Å²) in [6.45, 7) is 0.973. The van der Waals surface area contributed by atoms with Crippen LogP contribution in [0.5, 0.6) is 0 Å². The molecule has 224 valence electrons. The predicted octanol–water partition coefficient (Wildman–Crippen LogP) is 3.29. The molecule has 1 N–H and O–H groups in total. The topological polar surface area (TPSA) is 117 Å². The van der Waals surface area contributed by atoms with Gasteiger partial charge in [-0.25, -0.2) is 4.79 Å². The lowest BCUT2D eigenvalue weighted by Crippen LogP contribution is -2.51. The minimum atomic E-state index is -0.773. The fourth-order valence-corrected chi connectivity index (χ4v) is 10.6. The second kappa shape index (κ2) is 9.79. The van der Waals surface area contributed by atoms with Crippen LogP contribution in [0.1, 0.15) is 63.4 Å². The Morgan fingerprint density at radius 1 is 0.905 bits per heavy atom. The summed E-state index contributed by atoms with van der Waals surface area (Å²) in [5, 5.41) is 3.34. The molecular formula is C33H39NO8. The molecule has 0 aromatic heterocycles. The zero-order valence-electron chi connectivity index (χ0n) is 23.8. The van der Waals surface area contributed by atoms with Crippen LogP contribution in [0.3, 0.4) is 0 Å².